The third-order valence-corrected chi connectivity index (χ3v) is 5.65. The molecular formula is C19H24N2O5S. The monoisotopic (exact) mass is 392 g/mol. The van der Waals surface area contributed by atoms with Crippen LogP contribution in [0, 0.1) is 0 Å². The van der Waals surface area contributed by atoms with Gasteiger partial charge in [0.15, 0.2) is 0 Å². The van der Waals surface area contributed by atoms with Crippen LogP contribution in [0.25, 0.3) is 0 Å². The van der Waals surface area contributed by atoms with Crippen molar-refractivity contribution in [2.24, 2.45) is 0 Å². The van der Waals surface area contributed by atoms with Crippen molar-refractivity contribution in [1.82, 2.24) is 9.37 Å². The summed E-state index contributed by atoms with van der Waals surface area (Å²) in [7, 11) is 0.428. The van der Waals surface area contributed by atoms with Gasteiger partial charge >= 0.3 is 0 Å². The number of ether oxygens (including phenoxy) is 1. The highest BCUT2D eigenvalue weighted by molar-refractivity contribution is 7.89. The number of carbonyl (C=O) groups is 1. The summed E-state index contributed by atoms with van der Waals surface area (Å²) in [6.07, 6.45) is 0.654. The second-order valence-electron chi connectivity index (χ2n) is 5.87. The molecule has 0 radical (unpaired) electrons. The summed E-state index contributed by atoms with van der Waals surface area (Å²) in [5.41, 5.74) is 0.298. The lowest BCUT2D eigenvalue weighted by Gasteiger charge is -2.18. The molecule has 1 amide bonds. The number of hydrogen-bond donors (Lipinski definition) is 0. The van der Waals surface area contributed by atoms with Gasteiger partial charge in [-0.1, -0.05) is 28.7 Å². The Kier molecular flexibility index (Phi) is 7.35. The van der Waals surface area contributed by atoms with E-state index in [9.17, 15) is 13.2 Å². The van der Waals surface area contributed by atoms with Crippen molar-refractivity contribution in [3.8, 4) is 5.75 Å². The Labute approximate surface area is 160 Å². The lowest BCUT2D eigenvalue weighted by molar-refractivity contribution is -0.0258. The van der Waals surface area contributed by atoms with Gasteiger partial charge in [-0.05, 0) is 36.8 Å². The standard InChI is InChI=1S/C19H24N2O5S/c1-20(13-8-14-26-17-10-5-4-6-11-17)19(22)16-9-7-12-18(15-16)27(23,24)21(2)25-3/h4-7,9-12,15H,8,13-14H2,1-3H3. The topological polar surface area (TPSA) is 76.2 Å². The highest BCUT2D eigenvalue weighted by atomic mass is 32.2. The van der Waals surface area contributed by atoms with Gasteiger partial charge in [-0.3, -0.25) is 9.63 Å². The van der Waals surface area contributed by atoms with Crippen molar-refractivity contribution in [3.05, 3.63) is 60.2 Å². The van der Waals surface area contributed by atoms with E-state index in [-0.39, 0.29) is 10.8 Å². The second kappa shape index (κ2) is 9.50. The molecule has 0 fully saturated rings. The van der Waals surface area contributed by atoms with Gasteiger partial charge in [0.05, 0.1) is 18.6 Å². The lowest BCUT2D eigenvalue weighted by atomic mass is 10.2. The van der Waals surface area contributed by atoms with E-state index in [0.717, 1.165) is 10.2 Å². The zero-order chi connectivity index (χ0) is 19.9. The smallest absolute Gasteiger partial charge is 0.264 e. The molecule has 0 aliphatic heterocycles. The number of amides is 1. The number of rotatable bonds is 9. The van der Waals surface area contributed by atoms with E-state index >= 15 is 0 Å². The van der Waals surface area contributed by atoms with E-state index in [1.54, 1.807) is 18.0 Å². The maximum absolute atomic E-state index is 12.6. The lowest BCUT2D eigenvalue weighted by Crippen LogP contribution is -2.29. The first-order valence-electron chi connectivity index (χ1n) is 8.42. The van der Waals surface area contributed by atoms with Crippen molar-refractivity contribution in [2.75, 3.05) is 34.4 Å². The van der Waals surface area contributed by atoms with E-state index in [1.165, 1.54) is 32.4 Å². The summed E-state index contributed by atoms with van der Waals surface area (Å²) in [5.74, 6) is 0.526. The number of sulfonamides is 1. The van der Waals surface area contributed by atoms with E-state index < -0.39 is 10.0 Å². The zero-order valence-electron chi connectivity index (χ0n) is 15.7. The van der Waals surface area contributed by atoms with Crippen molar-refractivity contribution < 1.29 is 22.8 Å². The van der Waals surface area contributed by atoms with Gasteiger partial charge in [0.1, 0.15) is 5.75 Å². The molecule has 0 aliphatic rings. The molecular weight excluding hydrogens is 368 g/mol. The first-order valence-corrected chi connectivity index (χ1v) is 9.86. The van der Waals surface area contributed by atoms with Gasteiger partial charge in [0.25, 0.3) is 15.9 Å². The molecule has 8 heteroatoms. The van der Waals surface area contributed by atoms with Crippen molar-refractivity contribution in [2.45, 2.75) is 11.3 Å². The highest BCUT2D eigenvalue weighted by Crippen LogP contribution is 2.17. The molecule has 0 saturated carbocycles. The summed E-state index contributed by atoms with van der Waals surface area (Å²) < 4.78 is 31.0. The molecule has 0 bridgehead atoms. The third kappa shape index (κ3) is 5.53. The van der Waals surface area contributed by atoms with E-state index in [4.69, 9.17) is 9.57 Å². The number of benzene rings is 2. The van der Waals surface area contributed by atoms with Crippen LogP contribution in [0.3, 0.4) is 0 Å². The molecule has 7 nitrogen and oxygen atoms in total. The van der Waals surface area contributed by atoms with Crippen LogP contribution in [-0.4, -0.2) is 58.1 Å². The average Bonchev–Trinajstić information content (AvgIpc) is 2.70. The Bertz CT molecular complexity index is 855. The SMILES string of the molecule is CON(C)S(=O)(=O)c1cccc(C(=O)N(C)CCCOc2ccccc2)c1. The molecule has 27 heavy (non-hydrogen) atoms. The molecule has 0 aliphatic carbocycles. The third-order valence-electron chi connectivity index (χ3n) is 3.97. The van der Waals surface area contributed by atoms with Crippen molar-refractivity contribution >= 4 is 15.9 Å². The predicted molar refractivity (Wildman–Crippen MR) is 102 cm³/mol. The molecule has 0 spiro atoms. The van der Waals surface area contributed by atoms with Crippen molar-refractivity contribution in [1.29, 1.82) is 0 Å². The quantitative estimate of drug-likeness (QED) is 0.484. The molecule has 2 aromatic rings. The highest BCUT2D eigenvalue weighted by Gasteiger charge is 2.22. The van der Waals surface area contributed by atoms with Crippen molar-refractivity contribution in [3.63, 3.8) is 0 Å². The molecule has 0 aromatic heterocycles. The first-order chi connectivity index (χ1) is 12.9. The second-order valence-corrected chi connectivity index (χ2v) is 7.80. The van der Waals surface area contributed by atoms with Crippen LogP contribution < -0.4 is 4.74 Å². The van der Waals surface area contributed by atoms with Crippen LogP contribution in [0.1, 0.15) is 16.8 Å². The minimum absolute atomic E-state index is 0.00138. The molecule has 0 heterocycles. The molecule has 0 unspecified atom stereocenters. The number of carbonyl (C=O) groups excluding carboxylic acids is 1. The average molecular weight is 392 g/mol. The van der Waals surface area contributed by atoms with Gasteiger partial charge in [-0.2, -0.15) is 0 Å². The van der Waals surface area contributed by atoms with E-state index in [1.807, 2.05) is 30.3 Å². The van der Waals surface area contributed by atoms with E-state index in [0.29, 0.717) is 25.1 Å². The molecule has 2 aromatic carbocycles. The minimum Gasteiger partial charge on any atom is -0.494 e. The number of nitrogens with zero attached hydrogens (tertiary/aromatic N) is 2. The van der Waals surface area contributed by atoms with Crippen LogP contribution >= 0.6 is 0 Å². The Hall–Kier alpha value is -2.42. The molecule has 0 N–H and O–H groups in total. The van der Waals surface area contributed by atoms with Gasteiger partial charge in [0.2, 0.25) is 0 Å². The van der Waals surface area contributed by atoms with Gasteiger partial charge in [-0.15, -0.1) is 0 Å². The summed E-state index contributed by atoms with van der Waals surface area (Å²) in [6.45, 7) is 0.968. The molecule has 146 valence electrons. The fourth-order valence-electron chi connectivity index (χ4n) is 2.37. The number of hydrogen-bond acceptors (Lipinski definition) is 5. The number of hydroxylamine groups is 1. The zero-order valence-corrected chi connectivity index (χ0v) is 16.5. The maximum atomic E-state index is 12.6. The Morgan fingerprint density at radius 3 is 2.41 bits per heavy atom. The van der Waals surface area contributed by atoms with Crippen LogP contribution in [0.2, 0.25) is 0 Å². The Morgan fingerprint density at radius 2 is 1.74 bits per heavy atom. The van der Waals surface area contributed by atoms with Gasteiger partial charge in [0, 0.05) is 26.2 Å². The summed E-state index contributed by atoms with van der Waals surface area (Å²) in [5, 5.41) is 0. The van der Waals surface area contributed by atoms with Crippen LogP contribution in [-0.2, 0) is 14.9 Å². The van der Waals surface area contributed by atoms with Crippen LogP contribution in [0.5, 0.6) is 5.75 Å². The van der Waals surface area contributed by atoms with Crippen LogP contribution in [0.4, 0.5) is 0 Å². The summed E-state index contributed by atoms with van der Waals surface area (Å²) in [4.78, 5) is 18.9. The first kappa shape index (κ1) is 20.9. The summed E-state index contributed by atoms with van der Waals surface area (Å²) >= 11 is 0. The molecule has 0 atom stereocenters. The Morgan fingerprint density at radius 1 is 1.04 bits per heavy atom. The largest absolute Gasteiger partial charge is 0.494 e. The normalized spacial score (nSPS) is 11.4. The van der Waals surface area contributed by atoms with Crippen LogP contribution in [0.15, 0.2) is 59.5 Å². The number of para-hydroxylation sites is 1. The van der Waals surface area contributed by atoms with E-state index in [2.05, 4.69) is 0 Å². The molecule has 2 rings (SSSR count). The fraction of sp³-hybridized carbons (Fsp3) is 0.316. The Balaban J connectivity index is 1.95. The minimum atomic E-state index is -3.80. The predicted octanol–water partition coefficient (Wildman–Crippen LogP) is 2.41. The fourth-order valence-corrected chi connectivity index (χ4v) is 3.39. The summed E-state index contributed by atoms with van der Waals surface area (Å²) in [6, 6.07) is 15.4. The van der Waals surface area contributed by atoms with Gasteiger partial charge in [-0.25, -0.2) is 8.42 Å². The molecule has 0 saturated heterocycles. The van der Waals surface area contributed by atoms with Gasteiger partial charge < -0.3 is 9.64 Å². The maximum Gasteiger partial charge on any atom is 0.264 e.